The summed E-state index contributed by atoms with van der Waals surface area (Å²) >= 11 is 3.76. The second-order valence-electron chi connectivity index (χ2n) is 29.1. The highest BCUT2D eigenvalue weighted by atomic mass is 32.1. The molecular formula is C104H74O2S2. The van der Waals surface area contributed by atoms with Crippen LogP contribution in [0.4, 0.5) is 0 Å². The third-order valence-corrected chi connectivity index (χ3v) is 25.3. The lowest BCUT2D eigenvalue weighted by Gasteiger charge is -2.29. The Kier molecular flexibility index (Phi) is 16.2. The summed E-state index contributed by atoms with van der Waals surface area (Å²) < 4.78 is 17.7. The smallest absolute Gasteiger partial charge is 0.138 e. The number of allylic oxidation sites excluding steroid dienone is 13. The monoisotopic (exact) mass is 1420 g/mol. The van der Waals surface area contributed by atoms with Crippen molar-refractivity contribution in [3.63, 3.8) is 0 Å². The van der Waals surface area contributed by atoms with E-state index in [4.69, 9.17) is 15.4 Å². The first-order chi connectivity index (χ1) is 53.3. The Hall–Kier alpha value is -12.4. The fourth-order valence-corrected chi connectivity index (χ4v) is 20.3. The SMILES string of the molecule is C=Cc1c(C=C)c(-c2cccc(-c3ccc4oc5ccc6cc7c8c(sc7cc6c5c4c3)C=CCC8)c2)c2c(c1C1=CC=CC(/C=C/C3=c4oc5ccc6cc7sc8ccccc8c7cc6c5c4=CC(/C=C/C=C\C(=C)c4ccccccc(-c5cccc6ccccc56)c5ccccc45)C3)C1C=C)=CCCC=2. The zero-order chi connectivity index (χ0) is 72.1. The van der Waals surface area contributed by atoms with E-state index in [-0.39, 0.29) is 17.8 Å². The molecule has 20 rings (SSSR count). The van der Waals surface area contributed by atoms with Crippen molar-refractivity contribution in [1.82, 2.24) is 0 Å². The Balaban J connectivity index is 0.654. The van der Waals surface area contributed by atoms with E-state index in [1.807, 2.05) is 22.7 Å². The number of hydrogen-bond acceptors (Lipinski definition) is 4. The van der Waals surface area contributed by atoms with Gasteiger partial charge in [-0.05, 0) is 236 Å². The molecule has 3 atom stereocenters. The van der Waals surface area contributed by atoms with E-state index in [1.165, 1.54) is 111 Å². The molecule has 4 aliphatic rings. The Morgan fingerprint density at radius 3 is 2.04 bits per heavy atom. The zero-order valence-electron chi connectivity index (χ0n) is 59.8. The largest absolute Gasteiger partial charge is 0.456 e. The van der Waals surface area contributed by atoms with Crippen molar-refractivity contribution in [2.45, 2.75) is 32.1 Å². The summed E-state index contributed by atoms with van der Waals surface area (Å²) in [6.45, 7) is 18.6. The van der Waals surface area contributed by atoms with Crippen LogP contribution in [-0.4, -0.2) is 0 Å². The Bertz CT molecular complexity index is 7190. The van der Waals surface area contributed by atoms with Crippen LogP contribution >= 0.6 is 22.7 Å². The molecule has 0 spiro atoms. The van der Waals surface area contributed by atoms with Crippen molar-refractivity contribution < 1.29 is 8.83 Å². The summed E-state index contributed by atoms with van der Waals surface area (Å²) in [4.78, 5) is 1.39. The van der Waals surface area contributed by atoms with Gasteiger partial charge in [-0.25, -0.2) is 0 Å². The van der Waals surface area contributed by atoms with E-state index in [0.717, 1.165) is 131 Å². The Morgan fingerprint density at radius 1 is 0.481 bits per heavy atom. The van der Waals surface area contributed by atoms with Crippen molar-refractivity contribution >= 4 is 182 Å². The van der Waals surface area contributed by atoms with Crippen molar-refractivity contribution in [2.75, 3.05) is 0 Å². The highest BCUT2D eigenvalue weighted by molar-refractivity contribution is 7.26. The van der Waals surface area contributed by atoms with Gasteiger partial charge in [0.2, 0.25) is 0 Å². The molecule has 514 valence electrons. The Labute approximate surface area is 634 Å². The van der Waals surface area contributed by atoms with Gasteiger partial charge in [-0.3, -0.25) is 0 Å². The molecule has 4 aliphatic carbocycles. The predicted molar refractivity (Wildman–Crippen MR) is 470 cm³/mol. The number of furan rings is 2. The van der Waals surface area contributed by atoms with Gasteiger partial charge in [-0.2, -0.15) is 0 Å². The van der Waals surface area contributed by atoms with Gasteiger partial charge in [-0.15, -0.1) is 29.3 Å². The van der Waals surface area contributed by atoms with Crippen LogP contribution in [0.5, 0.6) is 0 Å². The van der Waals surface area contributed by atoms with Gasteiger partial charge < -0.3 is 8.83 Å². The van der Waals surface area contributed by atoms with E-state index in [9.17, 15) is 0 Å². The standard InChI is InChI=1S/C104H74O2S2/c1-5-73-66(31-26-44-84(73)101-75(7-3)74(6-2)100(85-41-18-19-42-86(85)101)71-33-24-32-67(57-71)68-49-52-93-91(58-68)102-88-62-99-89(59-69(88)50-53-94(102)105-93)82-39-20-22-45-96(82)108-99)47-48-72-55-64(56-92-103-87-61-90-83-40-21-23-46-97(83)107-98(90)60-70(87)51-54-95(103)106-104(72)92)28-13-12-27-63(4)76-34-10-8-9-11-36-81(80-38-17-16-37-78(76)80)79-43-25-30-65-29-14-15-35-77(65)79/h5-17,21-38,40-54,56-62,64,66,73H,1-4,18-20,39,55H2/b9-8?,10-8?,11-9?,27-12-,28-13+,34-10?,36-11?,48-47+,76-34?,78-76?,81-36?,81-80?. The zero-order valence-corrected chi connectivity index (χ0v) is 61.5. The maximum absolute atomic E-state index is 7.16. The average Bonchev–Trinajstić information content (AvgIpc) is 1.37. The lowest BCUT2D eigenvalue weighted by Crippen LogP contribution is -2.35. The summed E-state index contributed by atoms with van der Waals surface area (Å²) in [7, 11) is 0. The first kappa shape index (κ1) is 65.1. The van der Waals surface area contributed by atoms with Crippen molar-refractivity contribution in [1.29, 1.82) is 0 Å². The number of rotatable bonds is 13. The second kappa shape index (κ2) is 26.9. The van der Waals surface area contributed by atoms with E-state index in [1.54, 1.807) is 0 Å². The first-order valence-corrected chi connectivity index (χ1v) is 39.3. The van der Waals surface area contributed by atoms with Crippen molar-refractivity contribution in [2.24, 2.45) is 17.8 Å². The van der Waals surface area contributed by atoms with Crippen molar-refractivity contribution in [3.8, 4) is 33.4 Å². The van der Waals surface area contributed by atoms with Crippen LogP contribution in [0.2, 0.25) is 0 Å². The van der Waals surface area contributed by atoms with Crippen LogP contribution in [-0.2, 0) is 6.42 Å². The number of hydrogen-bond donors (Lipinski definition) is 0. The second-order valence-corrected chi connectivity index (χ2v) is 31.2. The molecule has 0 aliphatic heterocycles. The van der Waals surface area contributed by atoms with E-state index in [2.05, 4.69) is 341 Å². The lowest BCUT2D eigenvalue weighted by molar-refractivity contribution is 0.566. The molecule has 4 heterocycles. The van der Waals surface area contributed by atoms with Gasteiger partial charge in [-0.1, -0.05) is 275 Å². The van der Waals surface area contributed by atoms with Gasteiger partial charge in [0.15, 0.2) is 0 Å². The molecule has 2 nitrogen and oxygen atoms in total. The van der Waals surface area contributed by atoms with E-state index in [0.29, 0.717) is 0 Å². The first-order valence-electron chi connectivity index (χ1n) is 37.7. The number of benzene rings is 11. The number of fused-ring (bicyclic) bond motifs is 19. The van der Waals surface area contributed by atoms with Crippen LogP contribution in [0, 0.1) is 17.8 Å². The molecule has 0 fully saturated rings. The minimum Gasteiger partial charge on any atom is -0.456 e. The third-order valence-electron chi connectivity index (χ3n) is 23.0. The normalized spacial score (nSPS) is 16.3. The van der Waals surface area contributed by atoms with Gasteiger partial charge >= 0.3 is 0 Å². The Morgan fingerprint density at radius 2 is 1.18 bits per heavy atom. The summed E-state index contributed by atoms with van der Waals surface area (Å²) in [6.07, 6.45) is 43.6. The van der Waals surface area contributed by atoms with Crippen LogP contribution in [0.15, 0.2) is 320 Å². The quantitative estimate of drug-likeness (QED) is 0.0849. The minimum absolute atomic E-state index is 0.0185. The van der Waals surface area contributed by atoms with Crippen LogP contribution in [0.3, 0.4) is 0 Å². The predicted octanol–water partition coefficient (Wildman–Crippen LogP) is 26.7. The molecule has 0 N–H and O–H groups in total. The molecule has 0 amide bonds. The molecule has 0 radical (unpaired) electrons. The molecule has 0 saturated carbocycles. The molecule has 108 heavy (non-hydrogen) atoms. The van der Waals surface area contributed by atoms with Crippen LogP contribution in [0.25, 0.3) is 193 Å². The fourth-order valence-electron chi connectivity index (χ4n) is 18.0. The van der Waals surface area contributed by atoms with Crippen LogP contribution < -0.4 is 21.1 Å². The highest BCUT2D eigenvalue weighted by Crippen LogP contribution is 2.46. The van der Waals surface area contributed by atoms with Crippen LogP contribution in [0.1, 0.15) is 58.4 Å². The molecular weight excluding hydrogens is 1350 g/mol. The summed E-state index contributed by atoms with van der Waals surface area (Å²) in [6, 6.07) is 79.8. The lowest BCUT2D eigenvalue weighted by atomic mass is 9.74. The minimum atomic E-state index is -0.0609. The molecule has 4 heteroatoms. The maximum Gasteiger partial charge on any atom is 0.138 e. The van der Waals surface area contributed by atoms with Gasteiger partial charge in [0.1, 0.15) is 22.2 Å². The number of aryl methyl sites for hydroxylation is 1. The fraction of sp³-hybridized carbons (Fsp3) is 0.0769. The molecule has 0 bridgehead atoms. The van der Waals surface area contributed by atoms with E-state index < -0.39 is 0 Å². The third kappa shape index (κ3) is 10.9. The summed E-state index contributed by atoms with van der Waals surface area (Å²) in [5, 5.41) is 20.6. The molecule has 12 aromatic carbocycles. The maximum atomic E-state index is 7.16. The average molecular weight is 1420 g/mol. The van der Waals surface area contributed by atoms with Crippen molar-refractivity contribution in [3.05, 3.63) is 365 Å². The van der Waals surface area contributed by atoms with Gasteiger partial charge in [0.25, 0.3) is 0 Å². The molecule has 16 aromatic rings. The summed E-state index contributed by atoms with van der Waals surface area (Å²) in [5.41, 5.74) is 19.8. The van der Waals surface area contributed by atoms with E-state index >= 15 is 0 Å². The molecule has 0 saturated heterocycles. The van der Waals surface area contributed by atoms with Gasteiger partial charge in [0, 0.05) is 68.9 Å². The van der Waals surface area contributed by atoms with Gasteiger partial charge in [0.05, 0.1) is 0 Å². The molecule has 3 unspecified atom stereocenters. The topological polar surface area (TPSA) is 26.3 Å². The number of thiophene rings is 2. The molecule has 4 aromatic heterocycles. The highest BCUT2D eigenvalue weighted by Gasteiger charge is 2.29. The summed E-state index contributed by atoms with van der Waals surface area (Å²) in [5.74, 6) is -0.0297.